The molecule has 0 atom stereocenters. The topological polar surface area (TPSA) is 0 Å². The summed E-state index contributed by atoms with van der Waals surface area (Å²) >= 11 is 5.56. The number of unbranched alkanes of at least 4 members (excludes halogenated alkanes) is 1. The van der Waals surface area contributed by atoms with Gasteiger partial charge in [-0.1, -0.05) is 30.9 Å². The predicted octanol–water partition coefficient (Wildman–Crippen LogP) is 3.62. The zero-order valence-corrected chi connectivity index (χ0v) is 9.27. The highest BCUT2D eigenvalue weighted by Crippen LogP contribution is 2.03. The third kappa shape index (κ3) is 3.85. The van der Waals surface area contributed by atoms with Crippen molar-refractivity contribution in [2.45, 2.75) is 26.2 Å². The highest BCUT2D eigenvalue weighted by atomic mass is 35.5. The molecule has 0 saturated carbocycles. The number of halogens is 1. The van der Waals surface area contributed by atoms with Crippen molar-refractivity contribution in [1.82, 2.24) is 0 Å². The van der Waals surface area contributed by atoms with Gasteiger partial charge in [0.2, 0.25) is 0 Å². The Morgan fingerprint density at radius 3 is 2.50 bits per heavy atom. The van der Waals surface area contributed by atoms with E-state index in [1.165, 1.54) is 5.56 Å². The van der Waals surface area contributed by atoms with Gasteiger partial charge in [0.25, 0.3) is 0 Å². The first-order chi connectivity index (χ1) is 6.86. The summed E-state index contributed by atoms with van der Waals surface area (Å²) in [5, 5.41) is 0. The summed E-state index contributed by atoms with van der Waals surface area (Å²) in [6.07, 6.45) is 2.95. The van der Waals surface area contributed by atoms with Gasteiger partial charge in [-0.05, 0) is 30.5 Å². The van der Waals surface area contributed by atoms with Gasteiger partial charge in [0.05, 0.1) is 0 Å². The number of alkyl halides is 1. The number of hydrogen-bond donors (Lipinski definition) is 0. The van der Waals surface area contributed by atoms with Crippen molar-refractivity contribution in [3.05, 3.63) is 35.4 Å². The third-order valence-electron chi connectivity index (χ3n) is 2.03. The minimum Gasteiger partial charge on any atom is -0.127 e. The molecule has 0 saturated heterocycles. The van der Waals surface area contributed by atoms with Crippen molar-refractivity contribution >= 4 is 11.6 Å². The summed E-state index contributed by atoms with van der Waals surface area (Å²) in [7, 11) is 0. The predicted molar refractivity (Wildman–Crippen MR) is 62.7 cm³/mol. The molecule has 0 N–H and O–H groups in total. The molecule has 1 aromatic carbocycles. The van der Waals surface area contributed by atoms with Crippen molar-refractivity contribution in [3.63, 3.8) is 0 Å². The molecule has 0 fully saturated rings. The Labute approximate surface area is 91.3 Å². The number of rotatable bonds is 3. The fourth-order valence-corrected chi connectivity index (χ4v) is 1.28. The quantitative estimate of drug-likeness (QED) is 0.403. The monoisotopic (exact) mass is 206 g/mol. The van der Waals surface area contributed by atoms with Crippen LogP contribution in [0.15, 0.2) is 24.3 Å². The SMILES string of the molecule is CCc1ccc(C#CCCCCl)cc1. The molecule has 1 aromatic rings. The zero-order chi connectivity index (χ0) is 10.2. The van der Waals surface area contributed by atoms with Crippen LogP contribution in [0.3, 0.4) is 0 Å². The molecular weight excluding hydrogens is 192 g/mol. The Bertz CT molecular complexity index is 313. The molecule has 0 unspecified atom stereocenters. The first-order valence-electron chi connectivity index (χ1n) is 5.00. The van der Waals surface area contributed by atoms with E-state index in [-0.39, 0.29) is 0 Å². The maximum atomic E-state index is 5.56. The number of benzene rings is 1. The molecule has 0 bridgehead atoms. The average Bonchev–Trinajstić information content (AvgIpc) is 2.25. The zero-order valence-electron chi connectivity index (χ0n) is 8.52. The lowest BCUT2D eigenvalue weighted by molar-refractivity contribution is 0.991. The van der Waals surface area contributed by atoms with E-state index in [1.807, 2.05) is 0 Å². The fourth-order valence-electron chi connectivity index (χ4n) is 1.14. The summed E-state index contributed by atoms with van der Waals surface area (Å²) in [4.78, 5) is 0. The Hall–Kier alpha value is -0.930. The molecule has 1 heteroatoms. The van der Waals surface area contributed by atoms with Gasteiger partial charge in [-0.2, -0.15) is 0 Å². The molecule has 0 aromatic heterocycles. The standard InChI is InChI=1S/C13H15Cl/c1-2-12-7-9-13(10-8-12)6-4-3-5-11-14/h7-10H,2-3,5,11H2,1H3. The maximum absolute atomic E-state index is 5.56. The van der Waals surface area contributed by atoms with Crippen LogP contribution in [0.1, 0.15) is 30.9 Å². The minimum atomic E-state index is 0.698. The Morgan fingerprint density at radius 1 is 1.21 bits per heavy atom. The van der Waals surface area contributed by atoms with Crippen LogP contribution in [-0.4, -0.2) is 5.88 Å². The van der Waals surface area contributed by atoms with Gasteiger partial charge >= 0.3 is 0 Å². The lowest BCUT2D eigenvalue weighted by Crippen LogP contribution is -1.80. The summed E-state index contributed by atoms with van der Waals surface area (Å²) in [5.74, 6) is 6.93. The molecular formula is C13H15Cl. The molecule has 0 heterocycles. The smallest absolute Gasteiger partial charge is 0.0245 e. The normalized spacial score (nSPS) is 9.29. The van der Waals surface area contributed by atoms with Gasteiger partial charge < -0.3 is 0 Å². The molecule has 74 valence electrons. The van der Waals surface area contributed by atoms with Gasteiger partial charge in [0, 0.05) is 17.9 Å². The lowest BCUT2D eigenvalue weighted by atomic mass is 10.1. The molecule has 1 rings (SSSR count). The average molecular weight is 207 g/mol. The molecule has 0 amide bonds. The van der Waals surface area contributed by atoms with Gasteiger partial charge in [-0.3, -0.25) is 0 Å². The summed E-state index contributed by atoms with van der Waals surface area (Å²) in [6.45, 7) is 2.15. The third-order valence-corrected chi connectivity index (χ3v) is 2.30. The van der Waals surface area contributed by atoms with Crippen LogP contribution in [0.5, 0.6) is 0 Å². The van der Waals surface area contributed by atoms with Gasteiger partial charge in [-0.15, -0.1) is 11.6 Å². The number of aryl methyl sites for hydroxylation is 1. The molecule has 0 radical (unpaired) electrons. The van der Waals surface area contributed by atoms with Crippen LogP contribution >= 0.6 is 11.6 Å². The highest BCUT2D eigenvalue weighted by Gasteiger charge is 1.88. The fraction of sp³-hybridized carbons (Fsp3) is 0.385. The van der Waals surface area contributed by atoms with Crippen molar-refractivity contribution in [2.75, 3.05) is 5.88 Å². The molecule has 0 spiro atoms. The maximum Gasteiger partial charge on any atom is 0.0245 e. The Balaban J connectivity index is 2.53. The second kappa shape index (κ2) is 6.51. The first-order valence-corrected chi connectivity index (χ1v) is 5.54. The van der Waals surface area contributed by atoms with Crippen LogP contribution in [0.2, 0.25) is 0 Å². The van der Waals surface area contributed by atoms with E-state index in [0.717, 1.165) is 24.8 Å². The summed E-state index contributed by atoms with van der Waals surface area (Å²) in [5.41, 5.74) is 2.45. The van der Waals surface area contributed by atoms with E-state index in [2.05, 4.69) is 43.0 Å². The second-order valence-electron chi connectivity index (χ2n) is 3.14. The van der Waals surface area contributed by atoms with Gasteiger partial charge in [0.15, 0.2) is 0 Å². The second-order valence-corrected chi connectivity index (χ2v) is 3.52. The lowest BCUT2D eigenvalue weighted by Gasteiger charge is -1.94. The Kier molecular flexibility index (Phi) is 5.19. The number of hydrogen-bond acceptors (Lipinski definition) is 0. The van der Waals surface area contributed by atoms with Crippen molar-refractivity contribution in [2.24, 2.45) is 0 Å². The van der Waals surface area contributed by atoms with Gasteiger partial charge in [-0.25, -0.2) is 0 Å². The van der Waals surface area contributed by atoms with Crippen molar-refractivity contribution in [1.29, 1.82) is 0 Å². The summed E-state index contributed by atoms with van der Waals surface area (Å²) in [6, 6.07) is 8.41. The largest absolute Gasteiger partial charge is 0.127 e. The molecule has 0 aliphatic rings. The van der Waals surface area contributed by atoms with Crippen molar-refractivity contribution < 1.29 is 0 Å². The molecule has 14 heavy (non-hydrogen) atoms. The van der Waals surface area contributed by atoms with Gasteiger partial charge in [0.1, 0.15) is 0 Å². The van der Waals surface area contributed by atoms with Crippen molar-refractivity contribution in [3.8, 4) is 11.8 Å². The van der Waals surface area contributed by atoms with Crippen LogP contribution in [-0.2, 0) is 6.42 Å². The van der Waals surface area contributed by atoms with E-state index in [1.54, 1.807) is 0 Å². The van der Waals surface area contributed by atoms with E-state index in [0.29, 0.717) is 5.88 Å². The molecule has 0 nitrogen and oxygen atoms in total. The van der Waals surface area contributed by atoms with Crippen LogP contribution in [0.4, 0.5) is 0 Å². The van der Waals surface area contributed by atoms with E-state index in [4.69, 9.17) is 11.6 Å². The van der Waals surface area contributed by atoms with E-state index < -0.39 is 0 Å². The minimum absolute atomic E-state index is 0.698. The van der Waals surface area contributed by atoms with E-state index in [9.17, 15) is 0 Å². The van der Waals surface area contributed by atoms with Crippen LogP contribution < -0.4 is 0 Å². The highest BCUT2D eigenvalue weighted by molar-refractivity contribution is 6.17. The van der Waals surface area contributed by atoms with Crippen LogP contribution in [0, 0.1) is 11.8 Å². The Morgan fingerprint density at radius 2 is 1.93 bits per heavy atom. The van der Waals surface area contributed by atoms with Crippen LogP contribution in [0.25, 0.3) is 0 Å². The first kappa shape index (κ1) is 11.1. The molecule has 0 aliphatic heterocycles. The molecule has 0 aliphatic carbocycles. The van der Waals surface area contributed by atoms with E-state index >= 15 is 0 Å². The summed E-state index contributed by atoms with van der Waals surface area (Å²) < 4.78 is 0.